The van der Waals surface area contributed by atoms with Crippen LogP contribution in [-0.2, 0) is 10.0 Å². The van der Waals surface area contributed by atoms with Gasteiger partial charge in [-0.2, -0.15) is 0 Å². The summed E-state index contributed by atoms with van der Waals surface area (Å²) >= 11 is 0. The van der Waals surface area contributed by atoms with Gasteiger partial charge in [0.1, 0.15) is 0 Å². The Balaban J connectivity index is 0.00000133. The number of benzene rings is 1. The highest BCUT2D eigenvalue weighted by molar-refractivity contribution is 7.89. The zero-order valence-corrected chi connectivity index (χ0v) is 12.6. The lowest BCUT2D eigenvalue weighted by atomic mass is 10.1. The zero-order valence-electron chi connectivity index (χ0n) is 11.0. The van der Waals surface area contributed by atoms with E-state index in [2.05, 4.69) is 10.0 Å². The standard InChI is InChI=1S/C13H18N2O2S.ClH/c1-8-3-4-10(5-9(8)2)18(16,17)15-13-11-6-14-7-12(11)13;/h3-5,11-15H,6-7H2,1-2H3;1H. The van der Waals surface area contributed by atoms with Crippen LogP contribution in [0.15, 0.2) is 23.1 Å². The van der Waals surface area contributed by atoms with Gasteiger partial charge in [-0.05, 0) is 62.0 Å². The number of piperidine rings is 1. The number of rotatable bonds is 3. The molecule has 0 amide bonds. The fourth-order valence-electron chi connectivity index (χ4n) is 2.72. The summed E-state index contributed by atoms with van der Waals surface area (Å²) in [4.78, 5) is 0.378. The molecule has 19 heavy (non-hydrogen) atoms. The fraction of sp³-hybridized carbons (Fsp3) is 0.538. The summed E-state index contributed by atoms with van der Waals surface area (Å²) in [5.41, 5.74) is 2.12. The highest BCUT2D eigenvalue weighted by atomic mass is 35.5. The maximum atomic E-state index is 12.2. The number of hydrogen-bond acceptors (Lipinski definition) is 3. The Morgan fingerprint density at radius 1 is 1.16 bits per heavy atom. The molecule has 1 aliphatic heterocycles. The monoisotopic (exact) mass is 302 g/mol. The quantitative estimate of drug-likeness (QED) is 0.883. The summed E-state index contributed by atoms with van der Waals surface area (Å²) in [5.74, 6) is 0.984. The van der Waals surface area contributed by atoms with Gasteiger partial charge in [0, 0.05) is 6.04 Å². The Bertz CT molecular complexity index is 578. The maximum Gasteiger partial charge on any atom is 0.240 e. The second kappa shape index (κ2) is 5.05. The van der Waals surface area contributed by atoms with Gasteiger partial charge in [-0.15, -0.1) is 12.4 Å². The minimum atomic E-state index is -3.36. The van der Waals surface area contributed by atoms with Gasteiger partial charge in [0.15, 0.2) is 0 Å². The predicted octanol–water partition coefficient (Wildman–Crippen LogP) is 1.22. The molecule has 2 N–H and O–H groups in total. The van der Waals surface area contributed by atoms with Crippen LogP contribution in [0.3, 0.4) is 0 Å². The van der Waals surface area contributed by atoms with Crippen LogP contribution in [0.4, 0.5) is 0 Å². The van der Waals surface area contributed by atoms with Crippen LogP contribution in [0.2, 0.25) is 0 Å². The van der Waals surface area contributed by atoms with Gasteiger partial charge in [0.05, 0.1) is 4.90 Å². The van der Waals surface area contributed by atoms with E-state index in [0.717, 1.165) is 24.2 Å². The van der Waals surface area contributed by atoms with Crippen molar-refractivity contribution in [2.24, 2.45) is 11.8 Å². The zero-order chi connectivity index (χ0) is 12.9. The van der Waals surface area contributed by atoms with E-state index >= 15 is 0 Å². The van der Waals surface area contributed by atoms with Crippen molar-refractivity contribution in [1.82, 2.24) is 10.0 Å². The van der Waals surface area contributed by atoms with Gasteiger partial charge in [-0.3, -0.25) is 0 Å². The normalized spacial score (nSPS) is 28.6. The van der Waals surface area contributed by atoms with Crippen molar-refractivity contribution < 1.29 is 8.42 Å². The summed E-state index contributed by atoms with van der Waals surface area (Å²) in [6.07, 6.45) is 0. The molecule has 2 fully saturated rings. The summed E-state index contributed by atoms with van der Waals surface area (Å²) in [6, 6.07) is 5.42. The van der Waals surface area contributed by atoms with Crippen LogP contribution in [0.5, 0.6) is 0 Å². The molecule has 6 heteroatoms. The summed E-state index contributed by atoms with van der Waals surface area (Å²) in [6.45, 7) is 5.79. The molecule has 106 valence electrons. The molecule has 0 aromatic heterocycles. The topological polar surface area (TPSA) is 58.2 Å². The first-order chi connectivity index (χ1) is 8.49. The SMILES string of the molecule is Cc1ccc(S(=O)(=O)NC2C3CNCC32)cc1C.Cl. The molecule has 1 saturated carbocycles. The first-order valence-corrected chi connectivity index (χ1v) is 7.78. The highest BCUT2D eigenvalue weighted by Gasteiger charge is 2.54. The van der Waals surface area contributed by atoms with Gasteiger partial charge < -0.3 is 5.32 Å². The van der Waals surface area contributed by atoms with E-state index in [1.807, 2.05) is 19.9 Å². The number of nitrogens with one attached hydrogen (secondary N) is 2. The molecule has 1 aromatic carbocycles. The average molecular weight is 303 g/mol. The van der Waals surface area contributed by atoms with Crippen LogP contribution in [0.1, 0.15) is 11.1 Å². The molecule has 0 spiro atoms. The van der Waals surface area contributed by atoms with Gasteiger partial charge in [0.2, 0.25) is 10.0 Å². The van der Waals surface area contributed by atoms with E-state index < -0.39 is 10.0 Å². The summed E-state index contributed by atoms with van der Waals surface area (Å²) in [7, 11) is -3.36. The highest BCUT2D eigenvalue weighted by Crippen LogP contribution is 2.42. The van der Waals surface area contributed by atoms with Crippen molar-refractivity contribution >= 4 is 22.4 Å². The molecule has 1 aliphatic carbocycles. The molecule has 3 rings (SSSR count). The smallest absolute Gasteiger partial charge is 0.240 e. The third-order valence-electron chi connectivity index (χ3n) is 4.17. The molecule has 2 unspecified atom stereocenters. The van der Waals surface area contributed by atoms with E-state index in [4.69, 9.17) is 0 Å². The van der Waals surface area contributed by atoms with Crippen LogP contribution in [0.25, 0.3) is 0 Å². The molecule has 0 bridgehead atoms. The van der Waals surface area contributed by atoms with Gasteiger partial charge in [-0.1, -0.05) is 6.07 Å². The van der Waals surface area contributed by atoms with Gasteiger partial charge in [-0.25, -0.2) is 13.1 Å². The first-order valence-electron chi connectivity index (χ1n) is 6.29. The molecule has 2 atom stereocenters. The second-order valence-corrected chi connectivity index (χ2v) is 7.09. The molecule has 2 aliphatic rings. The Labute approximate surface area is 120 Å². The Kier molecular flexibility index (Phi) is 3.93. The van der Waals surface area contributed by atoms with E-state index in [1.54, 1.807) is 12.1 Å². The largest absolute Gasteiger partial charge is 0.316 e. The Morgan fingerprint density at radius 2 is 1.79 bits per heavy atom. The van der Waals surface area contributed by atoms with Crippen LogP contribution < -0.4 is 10.0 Å². The summed E-state index contributed by atoms with van der Waals surface area (Å²) in [5, 5.41) is 3.26. The van der Waals surface area contributed by atoms with E-state index in [9.17, 15) is 8.42 Å². The number of sulfonamides is 1. The minimum absolute atomic E-state index is 0. The fourth-order valence-corrected chi connectivity index (χ4v) is 4.14. The van der Waals surface area contributed by atoms with Crippen molar-refractivity contribution in [3.8, 4) is 0 Å². The van der Waals surface area contributed by atoms with Crippen molar-refractivity contribution in [2.45, 2.75) is 24.8 Å². The van der Waals surface area contributed by atoms with E-state index in [1.165, 1.54) is 0 Å². The molecule has 1 aromatic rings. The molecule has 4 nitrogen and oxygen atoms in total. The first kappa shape index (κ1) is 14.8. The number of aryl methyl sites for hydroxylation is 2. The van der Waals surface area contributed by atoms with Crippen LogP contribution in [-0.4, -0.2) is 27.5 Å². The van der Waals surface area contributed by atoms with Crippen molar-refractivity contribution in [1.29, 1.82) is 0 Å². The van der Waals surface area contributed by atoms with Crippen molar-refractivity contribution in [2.75, 3.05) is 13.1 Å². The van der Waals surface area contributed by atoms with Gasteiger partial charge >= 0.3 is 0 Å². The number of halogens is 1. The number of fused-ring (bicyclic) bond motifs is 1. The third-order valence-corrected chi connectivity index (χ3v) is 5.63. The van der Waals surface area contributed by atoms with Gasteiger partial charge in [0.25, 0.3) is 0 Å². The van der Waals surface area contributed by atoms with E-state index in [-0.39, 0.29) is 18.4 Å². The molecular formula is C13H19ClN2O2S. The second-order valence-electron chi connectivity index (χ2n) is 5.38. The Morgan fingerprint density at radius 3 is 2.37 bits per heavy atom. The van der Waals surface area contributed by atoms with Crippen molar-refractivity contribution in [3.63, 3.8) is 0 Å². The molecular weight excluding hydrogens is 284 g/mol. The third kappa shape index (κ3) is 2.65. The van der Waals surface area contributed by atoms with Crippen molar-refractivity contribution in [3.05, 3.63) is 29.3 Å². The van der Waals surface area contributed by atoms with E-state index in [0.29, 0.717) is 16.7 Å². The lowest BCUT2D eigenvalue weighted by Crippen LogP contribution is -2.32. The minimum Gasteiger partial charge on any atom is -0.316 e. The summed E-state index contributed by atoms with van der Waals surface area (Å²) < 4.78 is 27.3. The average Bonchev–Trinajstić information content (AvgIpc) is 2.77. The maximum absolute atomic E-state index is 12.2. The number of hydrogen-bond donors (Lipinski definition) is 2. The lowest BCUT2D eigenvalue weighted by molar-refractivity contribution is 0.565. The molecule has 0 radical (unpaired) electrons. The van der Waals surface area contributed by atoms with Crippen LogP contribution >= 0.6 is 12.4 Å². The Hall–Kier alpha value is -0.620. The molecule has 1 saturated heterocycles. The predicted molar refractivity (Wildman–Crippen MR) is 77.1 cm³/mol. The lowest BCUT2D eigenvalue weighted by Gasteiger charge is -2.10. The van der Waals surface area contributed by atoms with Crippen LogP contribution in [0, 0.1) is 25.7 Å². The molecule has 1 heterocycles.